The van der Waals surface area contributed by atoms with Crippen molar-refractivity contribution < 1.29 is 4.74 Å². The number of nitrogens with two attached hydrogens (primary N) is 1. The highest BCUT2D eigenvalue weighted by atomic mass is 16.5. The van der Waals surface area contributed by atoms with Crippen LogP contribution in [0.15, 0.2) is 0 Å². The van der Waals surface area contributed by atoms with Gasteiger partial charge in [-0.1, -0.05) is 0 Å². The van der Waals surface area contributed by atoms with E-state index in [0.717, 1.165) is 13.0 Å². The van der Waals surface area contributed by atoms with E-state index in [1.54, 1.807) is 0 Å². The van der Waals surface area contributed by atoms with Crippen molar-refractivity contribution in [2.75, 3.05) is 13.2 Å². The lowest BCUT2D eigenvalue weighted by atomic mass is 10.2. The van der Waals surface area contributed by atoms with Crippen LogP contribution in [0.2, 0.25) is 0 Å². The predicted octanol–water partition coefficient (Wildman–Crippen LogP) is 0.764. The second-order valence-corrected chi connectivity index (χ2v) is 2.05. The van der Waals surface area contributed by atoms with Crippen LogP contribution < -0.4 is 5.73 Å². The lowest BCUT2D eigenvalue weighted by molar-refractivity contribution is 0.134. The summed E-state index contributed by atoms with van der Waals surface area (Å²) in [5.41, 5.74) is 5.62. The van der Waals surface area contributed by atoms with Gasteiger partial charge in [0.25, 0.3) is 0 Å². The first-order valence-corrected chi connectivity index (χ1v) is 3.54. The minimum atomic E-state index is 0.0763. The summed E-state index contributed by atoms with van der Waals surface area (Å²) < 4.78 is 5.10. The molecular formula is C8H15NO. The summed E-state index contributed by atoms with van der Waals surface area (Å²) in [5, 5.41) is 0. The maximum atomic E-state index is 5.62. The molecule has 0 spiro atoms. The van der Waals surface area contributed by atoms with E-state index in [9.17, 15) is 0 Å². The van der Waals surface area contributed by atoms with Crippen molar-refractivity contribution in [3.8, 4) is 11.8 Å². The zero-order valence-electron chi connectivity index (χ0n) is 6.68. The largest absolute Gasteiger partial charge is 0.380 e. The lowest BCUT2D eigenvalue weighted by Gasteiger charge is -2.06. The third-order valence-electron chi connectivity index (χ3n) is 1.08. The van der Waals surface area contributed by atoms with E-state index in [4.69, 9.17) is 10.5 Å². The molecule has 2 heteroatoms. The second kappa shape index (κ2) is 6.60. The van der Waals surface area contributed by atoms with Crippen molar-refractivity contribution in [3.05, 3.63) is 0 Å². The highest BCUT2D eigenvalue weighted by molar-refractivity contribution is 4.97. The fraction of sp³-hybridized carbons (Fsp3) is 0.750. The summed E-state index contributed by atoms with van der Waals surface area (Å²) in [6.07, 6.45) is 0.733. The highest BCUT2D eigenvalue weighted by Gasteiger charge is 1.97. The van der Waals surface area contributed by atoms with Crippen LogP contribution in [0, 0.1) is 11.8 Å². The van der Waals surface area contributed by atoms with Gasteiger partial charge in [-0.25, -0.2) is 0 Å². The summed E-state index contributed by atoms with van der Waals surface area (Å²) >= 11 is 0. The Bertz CT molecular complexity index is 123. The Morgan fingerprint density at radius 1 is 1.60 bits per heavy atom. The molecule has 0 saturated carbocycles. The summed E-state index contributed by atoms with van der Waals surface area (Å²) in [7, 11) is 0. The lowest BCUT2D eigenvalue weighted by Crippen LogP contribution is -2.25. The molecule has 0 saturated heterocycles. The molecule has 0 aromatic rings. The first-order valence-electron chi connectivity index (χ1n) is 3.54. The van der Waals surface area contributed by atoms with Crippen molar-refractivity contribution >= 4 is 0 Å². The third-order valence-corrected chi connectivity index (χ3v) is 1.08. The molecule has 0 amide bonds. The van der Waals surface area contributed by atoms with Gasteiger partial charge in [0.1, 0.15) is 0 Å². The molecule has 0 bridgehead atoms. The molecule has 10 heavy (non-hydrogen) atoms. The molecule has 0 aliphatic rings. The molecule has 0 radical (unpaired) electrons. The first kappa shape index (κ1) is 9.48. The molecule has 0 aromatic heterocycles. The molecule has 0 rings (SSSR count). The zero-order valence-corrected chi connectivity index (χ0v) is 6.68. The molecule has 0 heterocycles. The van der Waals surface area contributed by atoms with Crippen LogP contribution in [-0.2, 0) is 4.74 Å². The van der Waals surface area contributed by atoms with E-state index >= 15 is 0 Å². The van der Waals surface area contributed by atoms with Crippen LogP contribution in [0.5, 0.6) is 0 Å². The van der Waals surface area contributed by atoms with Gasteiger partial charge in [0, 0.05) is 19.1 Å². The van der Waals surface area contributed by atoms with Crippen LogP contribution in [-0.4, -0.2) is 19.3 Å². The molecule has 0 aliphatic carbocycles. The SMILES string of the molecule is CC#CCC(N)COCC. The molecule has 1 unspecified atom stereocenters. The summed E-state index contributed by atoms with van der Waals surface area (Å²) in [6, 6.07) is 0.0763. The standard InChI is InChI=1S/C8H15NO/c1-3-5-6-8(9)7-10-4-2/h8H,4,6-7,9H2,1-2H3. The molecule has 2 N–H and O–H groups in total. The van der Waals surface area contributed by atoms with Crippen molar-refractivity contribution in [3.63, 3.8) is 0 Å². The molecule has 0 aromatic carbocycles. The van der Waals surface area contributed by atoms with Gasteiger partial charge in [-0.15, -0.1) is 11.8 Å². The van der Waals surface area contributed by atoms with Gasteiger partial charge in [0.05, 0.1) is 6.61 Å². The number of hydrogen-bond donors (Lipinski definition) is 1. The van der Waals surface area contributed by atoms with Gasteiger partial charge in [0.15, 0.2) is 0 Å². The maximum Gasteiger partial charge on any atom is 0.0626 e. The fourth-order valence-corrected chi connectivity index (χ4v) is 0.561. The summed E-state index contributed by atoms with van der Waals surface area (Å²) in [4.78, 5) is 0. The Morgan fingerprint density at radius 2 is 2.30 bits per heavy atom. The van der Waals surface area contributed by atoms with E-state index in [-0.39, 0.29) is 6.04 Å². The van der Waals surface area contributed by atoms with E-state index < -0.39 is 0 Å². The number of rotatable bonds is 4. The van der Waals surface area contributed by atoms with Crippen LogP contribution in [0.4, 0.5) is 0 Å². The van der Waals surface area contributed by atoms with E-state index in [1.807, 2.05) is 13.8 Å². The topological polar surface area (TPSA) is 35.2 Å². The van der Waals surface area contributed by atoms with Crippen LogP contribution in [0.3, 0.4) is 0 Å². The Kier molecular flexibility index (Phi) is 6.25. The molecular weight excluding hydrogens is 126 g/mol. The normalized spacial score (nSPS) is 11.9. The van der Waals surface area contributed by atoms with Crippen LogP contribution in [0.1, 0.15) is 20.3 Å². The first-order chi connectivity index (χ1) is 4.81. The molecule has 58 valence electrons. The average molecular weight is 141 g/mol. The molecule has 0 aliphatic heterocycles. The predicted molar refractivity (Wildman–Crippen MR) is 42.5 cm³/mol. The Balaban J connectivity index is 3.21. The number of ether oxygens (including phenoxy) is 1. The Labute approximate surface area is 62.7 Å². The van der Waals surface area contributed by atoms with Gasteiger partial charge in [0.2, 0.25) is 0 Å². The van der Waals surface area contributed by atoms with Gasteiger partial charge >= 0.3 is 0 Å². The Hall–Kier alpha value is -0.520. The van der Waals surface area contributed by atoms with Gasteiger partial charge in [-0.3, -0.25) is 0 Å². The minimum Gasteiger partial charge on any atom is -0.380 e. The second-order valence-electron chi connectivity index (χ2n) is 2.05. The fourth-order valence-electron chi connectivity index (χ4n) is 0.561. The van der Waals surface area contributed by atoms with E-state index in [1.165, 1.54) is 0 Å². The maximum absolute atomic E-state index is 5.62. The zero-order chi connectivity index (χ0) is 7.82. The smallest absolute Gasteiger partial charge is 0.0626 e. The van der Waals surface area contributed by atoms with Crippen molar-refractivity contribution in [2.45, 2.75) is 26.3 Å². The third kappa shape index (κ3) is 5.61. The Morgan fingerprint density at radius 3 is 2.80 bits per heavy atom. The molecule has 0 fully saturated rings. The van der Waals surface area contributed by atoms with Crippen molar-refractivity contribution in [2.24, 2.45) is 5.73 Å². The van der Waals surface area contributed by atoms with Crippen LogP contribution in [0.25, 0.3) is 0 Å². The van der Waals surface area contributed by atoms with E-state index in [2.05, 4.69) is 11.8 Å². The van der Waals surface area contributed by atoms with Crippen LogP contribution >= 0.6 is 0 Å². The van der Waals surface area contributed by atoms with Gasteiger partial charge < -0.3 is 10.5 Å². The number of hydrogen-bond acceptors (Lipinski definition) is 2. The minimum absolute atomic E-state index is 0.0763. The molecule has 2 nitrogen and oxygen atoms in total. The van der Waals surface area contributed by atoms with Gasteiger partial charge in [-0.2, -0.15) is 0 Å². The molecule has 1 atom stereocenters. The highest BCUT2D eigenvalue weighted by Crippen LogP contribution is 1.86. The average Bonchev–Trinajstić information content (AvgIpc) is 1.97. The van der Waals surface area contributed by atoms with E-state index in [0.29, 0.717) is 6.61 Å². The quantitative estimate of drug-likeness (QED) is 0.587. The van der Waals surface area contributed by atoms with Gasteiger partial charge in [-0.05, 0) is 13.8 Å². The summed E-state index contributed by atoms with van der Waals surface area (Å²) in [6.45, 7) is 5.12. The van der Waals surface area contributed by atoms with Crippen molar-refractivity contribution in [1.82, 2.24) is 0 Å². The summed E-state index contributed by atoms with van der Waals surface area (Å²) in [5.74, 6) is 5.69. The monoisotopic (exact) mass is 141 g/mol. The van der Waals surface area contributed by atoms with Crippen molar-refractivity contribution in [1.29, 1.82) is 0 Å².